The fraction of sp³-hybridized carbons (Fsp3) is 0.385. The summed E-state index contributed by atoms with van der Waals surface area (Å²) in [4.78, 5) is 11.4. The van der Waals surface area contributed by atoms with Crippen molar-refractivity contribution in [3.63, 3.8) is 0 Å². The SMILES string of the molecule is CC(C)c1cc(S(=O)(=O)Cl)ccc1OCC(=O)NCC#N. The third-order valence-corrected chi connectivity index (χ3v) is 3.96. The monoisotopic (exact) mass is 330 g/mol. The van der Waals surface area contributed by atoms with Gasteiger partial charge in [-0.3, -0.25) is 4.79 Å². The molecule has 1 aromatic rings. The molecule has 114 valence electrons. The van der Waals surface area contributed by atoms with Crippen LogP contribution in [0.3, 0.4) is 0 Å². The number of nitrogens with one attached hydrogen (secondary N) is 1. The molecule has 0 aliphatic rings. The van der Waals surface area contributed by atoms with Crippen LogP contribution >= 0.6 is 10.7 Å². The van der Waals surface area contributed by atoms with Crippen LogP contribution in [0.2, 0.25) is 0 Å². The van der Waals surface area contributed by atoms with E-state index in [1.54, 1.807) is 6.07 Å². The van der Waals surface area contributed by atoms with Crippen LogP contribution < -0.4 is 10.1 Å². The first-order valence-electron chi connectivity index (χ1n) is 6.10. The molecule has 0 aromatic heterocycles. The summed E-state index contributed by atoms with van der Waals surface area (Å²) >= 11 is 0. The van der Waals surface area contributed by atoms with Crippen molar-refractivity contribution in [2.24, 2.45) is 0 Å². The Hall–Kier alpha value is -1.78. The quantitative estimate of drug-likeness (QED) is 0.633. The van der Waals surface area contributed by atoms with E-state index in [4.69, 9.17) is 20.7 Å². The van der Waals surface area contributed by atoms with Crippen LogP contribution in [-0.2, 0) is 13.8 Å². The van der Waals surface area contributed by atoms with E-state index in [1.165, 1.54) is 18.2 Å². The molecule has 1 rings (SSSR count). The molecule has 0 spiro atoms. The van der Waals surface area contributed by atoms with Gasteiger partial charge >= 0.3 is 0 Å². The van der Waals surface area contributed by atoms with Gasteiger partial charge in [0.05, 0.1) is 11.0 Å². The number of hydrogen-bond donors (Lipinski definition) is 1. The highest BCUT2D eigenvalue weighted by Crippen LogP contribution is 2.30. The van der Waals surface area contributed by atoms with Gasteiger partial charge in [0.2, 0.25) is 0 Å². The number of nitrogens with zero attached hydrogens (tertiary/aromatic N) is 1. The predicted octanol–water partition coefficient (Wildman–Crippen LogP) is 1.76. The van der Waals surface area contributed by atoms with Gasteiger partial charge in [-0.2, -0.15) is 5.26 Å². The van der Waals surface area contributed by atoms with E-state index < -0.39 is 15.0 Å². The molecule has 1 aromatic carbocycles. The third-order valence-electron chi connectivity index (χ3n) is 2.61. The molecular weight excluding hydrogens is 316 g/mol. The molecule has 0 saturated heterocycles. The van der Waals surface area contributed by atoms with Crippen LogP contribution in [-0.4, -0.2) is 27.5 Å². The van der Waals surface area contributed by atoms with Crippen molar-refractivity contribution in [1.29, 1.82) is 5.26 Å². The lowest BCUT2D eigenvalue weighted by molar-refractivity contribution is -0.122. The Kier molecular flexibility index (Phi) is 6.00. The zero-order chi connectivity index (χ0) is 16.0. The molecule has 0 aliphatic carbocycles. The molecule has 6 nitrogen and oxygen atoms in total. The molecule has 0 atom stereocenters. The molecular formula is C13H15ClN2O4S. The van der Waals surface area contributed by atoms with Gasteiger partial charge in [0.15, 0.2) is 6.61 Å². The number of benzene rings is 1. The van der Waals surface area contributed by atoms with E-state index in [9.17, 15) is 13.2 Å². The zero-order valence-electron chi connectivity index (χ0n) is 11.6. The minimum absolute atomic E-state index is 0.0134. The average molecular weight is 331 g/mol. The molecule has 1 amide bonds. The number of rotatable bonds is 6. The first-order valence-corrected chi connectivity index (χ1v) is 8.41. The van der Waals surface area contributed by atoms with E-state index in [1.807, 2.05) is 13.8 Å². The first-order chi connectivity index (χ1) is 9.75. The van der Waals surface area contributed by atoms with Gasteiger partial charge in [-0.25, -0.2) is 8.42 Å². The molecule has 0 radical (unpaired) electrons. The van der Waals surface area contributed by atoms with Crippen molar-refractivity contribution >= 4 is 25.6 Å². The molecule has 0 saturated carbocycles. The minimum Gasteiger partial charge on any atom is -0.483 e. The summed E-state index contributed by atoms with van der Waals surface area (Å²) in [6.45, 7) is 3.38. The Morgan fingerprint density at radius 1 is 1.48 bits per heavy atom. The maximum atomic E-state index is 11.4. The Balaban J connectivity index is 2.93. The Morgan fingerprint density at radius 3 is 2.67 bits per heavy atom. The number of ether oxygens (including phenoxy) is 1. The van der Waals surface area contributed by atoms with Crippen molar-refractivity contribution in [1.82, 2.24) is 5.32 Å². The summed E-state index contributed by atoms with van der Waals surface area (Å²) in [7, 11) is 1.49. The van der Waals surface area contributed by atoms with Crippen molar-refractivity contribution in [3.05, 3.63) is 23.8 Å². The van der Waals surface area contributed by atoms with Crippen LogP contribution in [0.15, 0.2) is 23.1 Å². The maximum Gasteiger partial charge on any atom is 0.261 e. The van der Waals surface area contributed by atoms with Crippen molar-refractivity contribution < 1.29 is 17.9 Å². The van der Waals surface area contributed by atoms with Crippen LogP contribution in [0.5, 0.6) is 5.75 Å². The summed E-state index contributed by atoms with van der Waals surface area (Å²) < 4.78 is 28.0. The second-order valence-electron chi connectivity index (χ2n) is 4.52. The summed E-state index contributed by atoms with van der Waals surface area (Å²) in [6, 6.07) is 5.98. The number of carbonyl (C=O) groups is 1. The first kappa shape index (κ1) is 17.3. The molecule has 0 aliphatic heterocycles. The topological polar surface area (TPSA) is 96.3 Å². The smallest absolute Gasteiger partial charge is 0.261 e. The molecule has 0 bridgehead atoms. The number of nitriles is 1. The van der Waals surface area contributed by atoms with Gasteiger partial charge in [0.1, 0.15) is 12.3 Å². The third kappa shape index (κ3) is 5.25. The lowest BCUT2D eigenvalue weighted by Crippen LogP contribution is -2.29. The fourth-order valence-corrected chi connectivity index (χ4v) is 2.38. The number of halogens is 1. The number of carbonyl (C=O) groups excluding carboxylic acids is 1. The highest BCUT2D eigenvalue weighted by molar-refractivity contribution is 8.13. The van der Waals surface area contributed by atoms with Crippen molar-refractivity contribution in [2.45, 2.75) is 24.7 Å². The summed E-state index contributed by atoms with van der Waals surface area (Å²) in [5, 5.41) is 10.7. The normalized spacial score (nSPS) is 11.0. The minimum atomic E-state index is -3.82. The van der Waals surface area contributed by atoms with E-state index in [-0.39, 0.29) is 24.0 Å². The number of amides is 1. The van der Waals surface area contributed by atoms with E-state index in [0.717, 1.165) is 0 Å². The lowest BCUT2D eigenvalue weighted by Gasteiger charge is -2.14. The van der Waals surface area contributed by atoms with E-state index in [0.29, 0.717) is 11.3 Å². The Morgan fingerprint density at radius 2 is 2.14 bits per heavy atom. The summed E-state index contributed by atoms with van der Waals surface area (Å²) in [5.41, 5.74) is 0.629. The van der Waals surface area contributed by atoms with Gasteiger partial charge in [-0.05, 0) is 29.7 Å². The molecule has 0 fully saturated rings. The van der Waals surface area contributed by atoms with Gasteiger partial charge in [-0.1, -0.05) is 13.8 Å². The summed E-state index contributed by atoms with van der Waals surface area (Å²) in [5.74, 6) is -0.0398. The van der Waals surface area contributed by atoms with Crippen molar-refractivity contribution in [3.8, 4) is 11.8 Å². The summed E-state index contributed by atoms with van der Waals surface area (Å²) in [6.07, 6.45) is 0. The average Bonchev–Trinajstić information content (AvgIpc) is 2.41. The van der Waals surface area contributed by atoms with Gasteiger partial charge in [0.25, 0.3) is 15.0 Å². The molecule has 8 heteroatoms. The predicted molar refractivity (Wildman–Crippen MR) is 77.7 cm³/mol. The van der Waals surface area contributed by atoms with E-state index >= 15 is 0 Å². The molecule has 1 N–H and O–H groups in total. The second-order valence-corrected chi connectivity index (χ2v) is 7.08. The molecule has 0 unspecified atom stereocenters. The number of hydrogen-bond acceptors (Lipinski definition) is 5. The van der Waals surface area contributed by atoms with Gasteiger partial charge in [0, 0.05) is 10.7 Å². The van der Waals surface area contributed by atoms with Crippen LogP contribution in [0.4, 0.5) is 0 Å². The Labute approximate surface area is 128 Å². The molecule has 21 heavy (non-hydrogen) atoms. The maximum absolute atomic E-state index is 11.4. The van der Waals surface area contributed by atoms with Gasteiger partial charge < -0.3 is 10.1 Å². The standard InChI is InChI=1S/C13H15ClN2O4S/c1-9(2)11-7-10(21(14,18)19)3-4-12(11)20-8-13(17)16-6-5-15/h3-4,7,9H,6,8H2,1-2H3,(H,16,17). The largest absolute Gasteiger partial charge is 0.483 e. The fourth-order valence-electron chi connectivity index (χ4n) is 1.59. The van der Waals surface area contributed by atoms with Crippen LogP contribution in [0.25, 0.3) is 0 Å². The van der Waals surface area contributed by atoms with Crippen molar-refractivity contribution in [2.75, 3.05) is 13.2 Å². The Bertz CT molecular complexity index is 665. The zero-order valence-corrected chi connectivity index (χ0v) is 13.2. The second kappa shape index (κ2) is 7.29. The lowest BCUT2D eigenvalue weighted by atomic mass is 10.0. The highest BCUT2D eigenvalue weighted by Gasteiger charge is 2.16. The van der Waals surface area contributed by atoms with Crippen LogP contribution in [0, 0.1) is 11.3 Å². The van der Waals surface area contributed by atoms with E-state index in [2.05, 4.69) is 5.32 Å². The highest BCUT2D eigenvalue weighted by atomic mass is 35.7. The molecule has 0 heterocycles. The van der Waals surface area contributed by atoms with Crippen LogP contribution in [0.1, 0.15) is 25.3 Å². The van der Waals surface area contributed by atoms with Gasteiger partial charge in [-0.15, -0.1) is 0 Å².